The molecule has 0 spiro atoms. The van der Waals surface area contributed by atoms with Crippen LogP contribution in [0.15, 0.2) is 30.3 Å². The molecule has 0 bridgehead atoms. The summed E-state index contributed by atoms with van der Waals surface area (Å²) in [5.41, 5.74) is 0.340. The predicted octanol–water partition coefficient (Wildman–Crippen LogP) is 2.31. The van der Waals surface area contributed by atoms with Crippen molar-refractivity contribution < 1.29 is 14.6 Å². The minimum Gasteiger partial charge on any atom is -0.465 e. The molecule has 0 unspecified atom stereocenters. The van der Waals surface area contributed by atoms with E-state index in [-0.39, 0.29) is 12.6 Å². The number of hydrogen-bond acceptors (Lipinski definition) is 3. The highest BCUT2D eigenvalue weighted by atomic mass is 16.5. The highest BCUT2D eigenvalue weighted by Gasteiger charge is 2.30. The number of esters is 1. The zero-order valence-electron chi connectivity index (χ0n) is 9.93. The molecule has 0 heterocycles. The molecule has 88 valence electrons. The molecule has 1 N–H and O–H groups in total. The van der Waals surface area contributed by atoms with Gasteiger partial charge in [-0.2, -0.15) is 0 Å². The van der Waals surface area contributed by atoms with Crippen LogP contribution >= 0.6 is 0 Å². The van der Waals surface area contributed by atoms with Gasteiger partial charge in [0.25, 0.3) is 0 Å². The van der Waals surface area contributed by atoms with Crippen LogP contribution in [0.5, 0.6) is 0 Å². The van der Waals surface area contributed by atoms with Crippen molar-refractivity contribution in [2.75, 3.05) is 6.61 Å². The zero-order valence-corrected chi connectivity index (χ0v) is 9.93. The third-order valence-electron chi connectivity index (χ3n) is 2.50. The Morgan fingerprint density at radius 3 is 2.44 bits per heavy atom. The van der Waals surface area contributed by atoms with Crippen LogP contribution in [0.1, 0.15) is 32.4 Å². The molecule has 0 amide bonds. The lowest BCUT2D eigenvalue weighted by molar-refractivity contribution is -0.146. The van der Waals surface area contributed by atoms with Gasteiger partial charge in [-0.25, -0.2) is 0 Å². The molecular formula is C13H18O3. The van der Waals surface area contributed by atoms with Gasteiger partial charge in [0.15, 0.2) is 0 Å². The summed E-state index contributed by atoms with van der Waals surface area (Å²) in [6, 6.07) is 9.37. The molecule has 0 saturated carbocycles. The minimum atomic E-state index is -0.645. The monoisotopic (exact) mass is 222 g/mol. The van der Waals surface area contributed by atoms with Crippen molar-refractivity contribution in [3.8, 4) is 0 Å². The average Bonchev–Trinajstić information content (AvgIpc) is 2.27. The molecule has 1 atom stereocenters. The first-order valence-corrected chi connectivity index (χ1v) is 5.30. The number of carbonyl (C=O) groups is 1. The highest BCUT2D eigenvalue weighted by molar-refractivity contribution is 5.65. The standard InChI is InChI=1S/C13H18O3/c1-10(14)16-9-13(2,3)12(15)11-7-5-4-6-8-11/h4-8,12,15H,9H2,1-3H3/t12-/m0/s1. The van der Waals surface area contributed by atoms with E-state index in [9.17, 15) is 9.90 Å². The molecule has 16 heavy (non-hydrogen) atoms. The van der Waals surface area contributed by atoms with Crippen molar-refractivity contribution in [2.45, 2.75) is 26.9 Å². The lowest BCUT2D eigenvalue weighted by atomic mass is 9.83. The van der Waals surface area contributed by atoms with Crippen LogP contribution in [0.2, 0.25) is 0 Å². The van der Waals surface area contributed by atoms with Gasteiger partial charge in [0.05, 0.1) is 12.7 Å². The third-order valence-corrected chi connectivity index (χ3v) is 2.50. The molecule has 0 aliphatic rings. The van der Waals surface area contributed by atoms with Crippen LogP contribution in [0, 0.1) is 5.41 Å². The molecule has 0 saturated heterocycles. The van der Waals surface area contributed by atoms with Crippen LogP contribution in [0.3, 0.4) is 0 Å². The maximum absolute atomic E-state index is 10.7. The Hall–Kier alpha value is -1.35. The second kappa shape index (κ2) is 5.12. The van der Waals surface area contributed by atoms with Gasteiger partial charge in [-0.3, -0.25) is 4.79 Å². The molecule has 1 aromatic rings. The Morgan fingerprint density at radius 1 is 1.38 bits per heavy atom. The van der Waals surface area contributed by atoms with Gasteiger partial charge in [0, 0.05) is 12.3 Å². The minimum absolute atomic E-state index is 0.207. The van der Waals surface area contributed by atoms with Gasteiger partial charge in [-0.05, 0) is 5.56 Å². The summed E-state index contributed by atoms with van der Waals surface area (Å²) < 4.78 is 4.95. The summed E-state index contributed by atoms with van der Waals surface area (Å²) in [5.74, 6) is -0.326. The summed E-state index contributed by atoms with van der Waals surface area (Å²) in [7, 11) is 0. The van der Waals surface area contributed by atoms with E-state index in [0.29, 0.717) is 0 Å². The molecule has 1 aromatic carbocycles. The van der Waals surface area contributed by atoms with Crippen LogP contribution < -0.4 is 0 Å². The van der Waals surface area contributed by atoms with Crippen molar-refractivity contribution in [3.63, 3.8) is 0 Å². The average molecular weight is 222 g/mol. The second-order valence-electron chi connectivity index (χ2n) is 4.58. The summed E-state index contributed by atoms with van der Waals surface area (Å²) in [6.45, 7) is 5.31. The molecule has 0 aromatic heterocycles. The Bertz CT molecular complexity index is 343. The van der Waals surface area contributed by atoms with Crippen LogP contribution in [0.25, 0.3) is 0 Å². The fraction of sp³-hybridized carbons (Fsp3) is 0.462. The molecular weight excluding hydrogens is 204 g/mol. The van der Waals surface area contributed by atoms with Gasteiger partial charge in [-0.15, -0.1) is 0 Å². The Balaban J connectivity index is 2.72. The van der Waals surface area contributed by atoms with E-state index in [0.717, 1.165) is 5.56 Å². The molecule has 3 heteroatoms. The van der Waals surface area contributed by atoms with E-state index < -0.39 is 11.5 Å². The Morgan fingerprint density at radius 2 is 1.94 bits per heavy atom. The molecule has 0 aliphatic carbocycles. The molecule has 0 aliphatic heterocycles. The van der Waals surface area contributed by atoms with E-state index >= 15 is 0 Å². The summed E-state index contributed by atoms with van der Waals surface area (Å²) in [5, 5.41) is 10.2. The molecule has 1 rings (SSSR count). The normalized spacial score (nSPS) is 13.2. The SMILES string of the molecule is CC(=O)OCC(C)(C)[C@@H](O)c1ccccc1. The van der Waals surface area contributed by atoms with Crippen molar-refractivity contribution in [1.29, 1.82) is 0 Å². The van der Waals surface area contributed by atoms with Gasteiger partial charge in [0.2, 0.25) is 0 Å². The van der Waals surface area contributed by atoms with Crippen molar-refractivity contribution >= 4 is 5.97 Å². The van der Waals surface area contributed by atoms with Crippen LogP contribution in [-0.2, 0) is 9.53 Å². The first-order chi connectivity index (χ1) is 7.43. The predicted molar refractivity (Wildman–Crippen MR) is 61.8 cm³/mol. The molecule has 3 nitrogen and oxygen atoms in total. The quantitative estimate of drug-likeness (QED) is 0.795. The number of aliphatic hydroxyl groups is 1. The summed E-state index contributed by atoms with van der Waals surface area (Å²) in [4.78, 5) is 10.7. The maximum atomic E-state index is 10.7. The van der Waals surface area contributed by atoms with Gasteiger partial charge in [-0.1, -0.05) is 44.2 Å². The third kappa shape index (κ3) is 3.35. The lowest BCUT2D eigenvalue weighted by Gasteiger charge is -2.30. The van der Waals surface area contributed by atoms with Gasteiger partial charge >= 0.3 is 5.97 Å². The fourth-order valence-corrected chi connectivity index (χ4v) is 1.45. The van der Waals surface area contributed by atoms with Gasteiger partial charge in [0.1, 0.15) is 0 Å². The number of rotatable bonds is 4. The number of hydrogen-bond donors (Lipinski definition) is 1. The molecule has 0 radical (unpaired) electrons. The number of ether oxygens (including phenoxy) is 1. The molecule has 0 fully saturated rings. The Kier molecular flexibility index (Phi) is 4.07. The van der Waals surface area contributed by atoms with E-state index in [2.05, 4.69) is 0 Å². The maximum Gasteiger partial charge on any atom is 0.302 e. The van der Waals surface area contributed by atoms with E-state index in [4.69, 9.17) is 4.74 Å². The van der Waals surface area contributed by atoms with Crippen molar-refractivity contribution in [3.05, 3.63) is 35.9 Å². The smallest absolute Gasteiger partial charge is 0.302 e. The first kappa shape index (κ1) is 12.7. The van der Waals surface area contributed by atoms with Crippen LogP contribution in [-0.4, -0.2) is 17.7 Å². The lowest BCUT2D eigenvalue weighted by Crippen LogP contribution is -2.28. The number of aliphatic hydroxyl groups excluding tert-OH is 1. The van der Waals surface area contributed by atoms with E-state index in [1.165, 1.54) is 6.92 Å². The largest absolute Gasteiger partial charge is 0.465 e. The topological polar surface area (TPSA) is 46.5 Å². The van der Waals surface area contributed by atoms with E-state index in [1.807, 2.05) is 44.2 Å². The Labute approximate surface area is 96.1 Å². The number of benzene rings is 1. The zero-order chi connectivity index (χ0) is 12.2. The van der Waals surface area contributed by atoms with Gasteiger partial charge < -0.3 is 9.84 Å². The fourth-order valence-electron chi connectivity index (χ4n) is 1.45. The summed E-state index contributed by atoms with van der Waals surface area (Å²) in [6.07, 6.45) is -0.645. The number of carbonyl (C=O) groups excluding carboxylic acids is 1. The van der Waals surface area contributed by atoms with Crippen molar-refractivity contribution in [1.82, 2.24) is 0 Å². The second-order valence-corrected chi connectivity index (χ2v) is 4.58. The van der Waals surface area contributed by atoms with E-state index in [1.54, 1.807) is 0 Å². The van der Waals surface area contributed by atoms with Crippen LogP contribution in [0.4, 0.5) is 0 Å². The highest BCUT2D eigenvalue weighted by Crippen LogP contribution is 2.33. The first-order valence-electron chi connectivity index (χ1n) is 5.30. The van der Waals surface area contributed by atoms with Crippen molar-refractivity contribution in [2.24, 2.45) is 5.41 Å². The summed E-state index contributed by atoms with van der Waals surface area (Å²) >= 11 is 0.